The van der Waals surface area contributed by atoms with E-state index in [1.165, 1.54) is 10.7 Å². The molecule has 0 saturated heterocycles. The number of nitrogens with zero attached hydrogens (tertiary/aromatic N) is 3. The van der Waals surface area contributed by atoms with E-state index in [2.05, 4.69) is 11.7 Å². The molecule has 0 saturated carbocycles. The molecule has 4 nitrogen and oxygen atoms in total. The number of allylic oxidation sites excluding steroid dienone is 1. The van der Waals surface area contributed by atoms with Crippen molar-refractivity contribution in [3.63, 3.8) is 0 Å². The van der Waals surface area contributed by atoms with Gasteiger partial charge < -0.3 is 4.90 Å². The van der Waals surface area contributed by atoms with Crippen LogP contribution < -0.4 is 10.5 Å². The van der Waals surface area contributed by atoms with Crippen molar-refractivity contribution < 1.29 is 0 Å². The van der Waals surface area contributed by atoms with Crippen LogP contribution in [0.15, 0.2) is 29.6 Å². The zero-order valence-corrected chi connectivity index (χ0v) is 7.90. The molecule has 0 aliphatic carbocycles. The molecule has 0 fully saturated rings. The number of hydrogen-bond acceptors (Lipinski definition) is 3. The van der Waals surface area contributed by atoms with Gasteiger partial charge in [-0.3, -0.25) is 4.79 Å². The first-order valence-corrected chi connectivity index (χ1v) is 4.01. The second-order valence-electron chi connectivity index (χ2n) is 2.89. The Bertz CT molecular complexity index is 354. The quantitative estimate of drug-likeness (QED) is 0.634. The first kappa shape index (κ1) is 9.51. The molecule has 0 bridgehead atoms. The molecule has 0 aromatic carbocycles. The van der Waals surface area contributed by atoms with Gasteiger partial charge in [-0.25, -0.2) is 4.68 Å². The molecule has 70 valence electrons. The molecule has 1 aromatic rings. The molecule has 1 aromatic heterocycles. The van der Waals surface area contributed by atoms with Crippen LogP contribution in [0, 0.1) is 0 Å². The average Bonchev–Trinajstić information content (AvgIpc) is 2.08. The van der Waals surface area contributed by atoms with Gasteiger partial charge in [-0.1, -0.05) is 6.08 Å². The molecule has 0 aliphatic rings. The van der Waals surface area contributed by atoms with Gasteiger partial charge in [0.25, 0.3) is 5.56 Å². The zero-order chi connectivity index (χ0) is 9.84. The summed E-state index contributed by atoms with van der Waals surface area (Å²) in [5.41, 5.74) is -0.106. The van der Waals surface area contributed by atoms with Gasteiger partial charge in [-0.05, 0) is 6.07 Å². The highest BCUT2D eigenvalue weighted by Crippen LogP contribution is 2.01. The lowest BCUT2D eigenvalue weighted by Crippen LogP contribution is -2.24. The van der Waals surface area contributed by atoms with Crippen molar-refractivity contribution in [3.05, 3.63) is 35.1 Å². The van der Waals surface area contributed by atoms with E-state index in [4.69, 9.17) is 0 Å². The Balaban J connectivity index is 3.11. The SMILES string of the molecule is C=CCn1nc(N(C)C)ccc1=O. The normalized spacial score (nSPS) is 9.69. The molecule has 1 heterocycles. The number of aromatic nitrogens is 2. The minimum absolute atomic E-state index is 0.106. The van der Waals surface area contributed by atoms with Gasteiger partial charge in [0.2, 0.25) is 0 Å². The van der Waals surface area contributed by atoms with Crippen molar-refractivity contribution >= 4 is 5.82 Å². The lowest BCUT2D eigenvalue weighted by molar-refractivity contribution is 0.649. The van der Waals surface area contributed by atoms with Gasteiger partial charge >= 0.3 is 0 Å². The van der Waals surface area contributed by atoms with E-state index in [0.29, 0.717) is 6.54 Å². The summed E-state index contributed by atoms with van der Waals surface area (Å²) in [7, 11) is 3.76. The maximum absolute atomic E-state index is 11.2. The van der Waals surface area contributed by atoms with E-state index in [1.807, 2.05) is 19.0 Å². The molecule has 0 unspecified atom stereocenters. The molecule has 0 aliphatic heterocycles. The number of rotatable bonds is 3. The van der Waals surface area contributed by atoms with Gasteiger partial charge in [0.1, 0.15) is 5.82 Å². The summed E-state index contributed by atoms with van der Waals surface area (Å²) in [6.07, 6.45) is 1.65. The van der Waals surface area contributed by atoms with E-state index in [0.717, 1.165) is 5.82 Å². The molecular weight excluding hydrogens is 166 g/mol. The van der Waals surface area contributed by atoms with Crippen molar-refractivity contribution in [3.8, 4) is 0 Å². The summed E-state index contributed by atoms with van der Waals surface area (Å²) in [5, 5.41) is 4.12. The first-order valence-electron chi connectivity index (χ1n) is 4.01. The van der Waals surface area contributed by atoms with Crippen LogP contribution in [0.4, 0.5) is 5.82 Å². The van der Waals surface area contributed by atoms with Gasteiger partial charge in [-0.15, -0.1) is 6.58 Å². The largest absolute Gasteiger partial charge is 0.361 e. The van der Waals surface area contributed by atoms with E-state index < -0.39 is 0 Å². The van der Waals surface area contributed by atoms with E-state index >= 15 is 0 Å². The Morgan fingerprint density at radius 3 is 2.85 bits per heavy atom. The van der Waals surface area contributed by atoms with Crippen LogP contribution in [-0.2, 0) is 6.54 Å². The van der Waals surface area contributed by atoms with E-state index in [9.17, 15) is 4.79 Å². The monoisotopic (exact) mass is 179 g/mol. The van der Waals surface area contributed by atoms with Gasteiger partial charge in [-0.2, -0.15) is 5.10 Å². The third-order valence-electron chi connectivity index (χ3n) is 1.61. The van der Waals surface area contributed by atoms with Gasteiger partial charge in [0, 0.05) is 20.2 Å². The number of anilines is 1. The molecule has 0 radical (unpaired) electrons. The van der Waals surface area contributed by atoms with Crippen molar-refractivity contribution in [1.29, 1.82) is 0 Å². The Hall–Kier alpha value is -1.58. The van der Waals surface area contributed by atoms with Crippen molar-refractivity contribution in [2.24, 2.45) is 0 Å². The van der Waals surface area contributed by atoms with Gasteiger partial charge in [0.05, 0.1) is 6.54 Å². The highest BCUT2D eigenvalue weighted by Gasteiger charge is 1.99. The van der Waals surface area contributed by atoms with Crippen molar-refractivity contribution in [2.45, 2.75) is 6.54 Å². The summed E-state index contributed by atoms with van der Waals surface area (Å²) < 4.78 is 1.38. The molecular formula is C9H13N3O. The molecule has 13 heavy (non-hydrogen) atoms. The van der Waals surface area contributed by atoms with Crippen LogP contribution in [0.3, 0.4) is 0 Å². The van der Waals surface area contributed by atoms with Crippen molar-refractivity contribution in [2.75, 3.05) is 19.0 Å². The Morgan fingerprint density at radius 1 is 1.62 bits per heavy atom. The molecule has 0 amide bonds. The fourth-order valence-electron chi connectivity index (χ4n) is 0.930. The van der Waals surface area contributed by atoms with Crippen molar-refractivity contribution in [1.82, 2.24) is 9.78 Å². The number of hydrogen-bond donors (Lipinski definition) is 0. The summed E-state index contributed by atoms with van der Waals surface area (Å²) in [6.45, 7) is 4.00. The van der Waals surface area contributed by atoms with Crippen LogP contribution in [-0.4, -0.2) is 23.9 Å². The second-order valence-corrected chi connectivity index (χ2v) is 2.89. The van der Waals surface area contributed by atoms with Gasteiger partial charge in [0.15, 0.2) is 0 Å². The van der Waals surface area contributed by atoms with Crippen LogP contribution in [0.1, 0.15) is 0 Å². The maximum Gasteiger partial charge on any atom is 0.267 e. The highest BCUT2D eigenvalue weighted by molar-refractivity contribution is 5.33. The predicted molar refractivity (Wildman–Crippen MR) is 53.0 cm³/mol. The smallest absolute Gasteiger partial charge is 0.267 e. The van der Waals surface area contributed by atoms with Crippen LogP contribution in [0.2, 0.25) is 0 Å². The minimum Gasteiger partial charge on any atom is -0.361 e. The first-order chi connectivity index (χ1) is 6.15. The summed E-state index contributed by atoms with van der Waals surface area (Å²) in [4.78, 5) is 13.1. The fourth-order valence-corrected chi connectivity index (χ4v) is 0.930. The van der Waals surface area contributed by atoms with Crippen LogP contribution >= 0.6 is 0 Å². The molecule has 0 N–H and O–H groups in total. The highest BCUT2D eigenvalue weighted by atomic mass is 16.1. The molecule has 4 heteroatoms. The summed E-state index contributed by atoms with van der Waals surface area (Å²) >= 11 is 0. The Kier molecular flexibility index (Phi) is 2.84. The standard InChI is InChI=1S/C9H13N3O/c1-4-7-12-9(13)6-5-8(10-12)11(2)3/h4-6H,1,7H2,2-3H3. The average molecular weight is 179 g/mol. The molecule has 1 rings (SSSR count). The fraction of sp³-hybridized carbons (Fsp3) is 0.333. The zero-order valence-electron chi connectivity index (χ0n) is 7.90. The third kappa shape index (κ3) is 2.18. The summed E-state index contributed by atoms with van der Waals surface area (Å²) in [6, 6.07) is 3.20. The lowest BCUT2D eigenvalue weighted by atomic mass is 10.5. The third-order valence-corrected chi connectivity index (χ3v) is 1.61. The van der Waals surface area contributed by atoms with E-state index in [-0.39, 0.29) is 5.56 Å². The Morgan fingerprint density at radius 2 is 2.31 bits per heavy atom. The van der Waals surface area contributed by atoms with Crippen LogP contribution in [0.25, 0.3) is 0 Å². The minimum atomic E-state index is -0.106. The molecule has 0 spiro atoms. The lowest BCUT2D eigenvalue weighted by Gasteiger charge is -2.11. The summed E-state index contributed by atoms with van der Waals surface area (Å²) in [5.74, 6) is 0.765. The predicted octanol–water partition coefficient (Wildman–Crippen LogP) is 0.495. The molecule has 0 atom stereocenters. The second kappa shape index (κ2) is 3.89. The topological polar surface area (TPSA) is 38.1 Å². The van der Waals surface area contributed by atoms with Crippen LogP contribution in [0.5, 0.6) is 0 Å². The van der Waals surface area contributed by atoms with E-state index in [1.54, 1.807) is 12.1 Å². The maximum atomic E-state index is 11.2. The Labute approximate surface area is 77.1 Å².